The topological polar surface area (TPSA) is 76.0 Å². The Hall–Kier alpha value is -3.41. The molecular weight excluding hydrogens is 352 g/mol. The number of benzene rings is 2. The summed E-state index contributed by atoms with van der Waals surface area (Å²) in [4.78, 5) is 24.3. The minimum Gasteiger partial charge on any atom is -0.352 e. The molecule has 2 amide bonds. The Morgan fingerprint density at radius 1 is 1.00 bits per heavy atom. The van der Waals surface area contributed by atoms with Gasteiger partial charge >= 0.3 is 0 Å². The van der Waals surface area contributed by atoms with Crippen LogP contribution < -0.4 is 10.6 Å². The number of carbonyl (C=O) groups is 2. The zero-order chi connectivity index (χ0) is 19.8. The Morgan fingerprint density at radius 2 is 1.68 bits per heavy atom. The number of anilines is 1. The summed E-state index contributed by atoms with van der Waals surface area (Å²) in [6, 6.07) is 20.9. The van der Waals surface area contributed by atoms with Crippen molar-refractivity contribution in [2.45, 2.75) is 26.3 Å². The second-order valence-corrected chi connectivity index (χ2v) is 6.59. The van der Waals surface area contributed by atoms with Crippen molar-refractivity contribution in [3.8, 4) is 0 Å². The highest BCUT2D eigenvalue weighted by molar-refractivity contribution is 5.94. The van der Waals surface area contributed by atoms with Gasteiger partial charge in [0.25, 0.3) is 5.91 Å². The number of carbonyl (C=O) groups excluding carboxylic acids is 2. The third kappa shape index (κ3) is 5.54. The van der Waals surface area contributed by atoms with Crippen LogP contribution in [-0.4, -0.2) is 28.1 Å². The first-order chi connectivity index (χ1) is 13.6. The van der Waals surface area contributed by atoms with Gasteiger partial charge in [-0.05, 0) is 31.0 Å². The molecule has 0 fully saturated rings. The van der Waals surface area contributed by atoms with Crippen molar-refractivity contribution in [2.75, 3.05) is 11.9 Å². The summed E-state index contributed by atoms with van der Waals surface area (Å²) in [7, 11) is 0. The fourth-order valence-corrected chi connectivity index (χ4v) is 2.87. The van der Waals surface area contributed by atoms with E-state index >= 15 is 0 Å². The molecule has 6 nitrogen and oxygen atoms in total. The standard InChI is InChI=1S/C22H24N4O2/c1-17-15-20(26(25-17)16-18-9-4-2-5-10-18)24-21(27)13-8-14-23-22(28)19-11-6-3-7-12-19/h2-7,9-12,15H,8,13-14,16H2,1H3,(H,23,28)(H,24,27). The van der Waals surface area contributed by atoms with Crippen LogP contribution in [0.1, 0.15) is 34.5 Å². The molecule has 3 aromatic rings. The fraction of sp³-hybridized carbons (Fsp3) is 0.227. The molecule has 2 N–H and O–H groups in total. The first-order valence-electron chi connectivity index (χ1n) is 9.33. The molecule has 0 unspecified atom stereocenters. The van der Waals surface area contributed by atoms with E-state index in [1.54, 1.807) is 16.8 Å². The normalized spacial score (nSPS) is 10.5. The molecule has 0 aliphatic rings. The van der Waals surface area contributed by atoms with E-state index in [9.17, 15) is 9.59 Å². The molecule has 2 aromatic carbocycles. The molecule has 0 spiro atoms. The Morgan fingerprint density at radius 3 is 2.39 bits per heavy atom. The van der Waals surface area contributed by atoms with Crippen molar-refractivity contribution in [2.24, 2.45) is 0 Å². The molecule has 0 atom stereocenters. The lowest BCUT2D eigenvalue weighted by Crippen LogP contribution is -2.25. The van der Waals surface area contributed by atoms with E-state index in [-0.39, 0.29) is 11.8 Å². The quantitative estimate of drug-likeness (QED) is 0.592. The summed E-state index contributed by atoms with van der Waals surface area (Å²) in [6.45, 7) is 2.94. The van der Waals surface area contributed by atoms with Crippen LogP contribution in [-0.2, 0) is 11.3 Å². The van der Waals surface area contributed by atoms with E-state index in [4.69, 9.17) is 0 Å². The zero-order valence-electron chi connectivity index (χ0n) is 15.9. The first kappa shape index (κ1) is 19.4. The van der Waals surface area contributed by atoms with Crippen molar-refractivity contribution >= 4 is 17.6 Å². The number of hydrogen-bond acceptors (Lipinski definition) is 3. The van der Waals surface area contributed by atoms with Crippen LogP contribution >= 0.6 is 0 Å². The third-order valence-electron chi connectivity index (χ3n) is 4.25. The molecule has 0 aliphatic carbocycles. The van der Waals surface area contributed by atoms with Gasteiger partial charge in [-0.25, -0.2) is 4.68 Å². The maximum absolute atomic E-state index is 12.3. The number of nitrogens with zero attached hydrogens (tertiary/aromatic N) is 2. The fourth-order valence-electron chi connectivity index (χ4n) is 2.87. The van der Waals surface area contributed by atoms with Gasteiger partial charge in [0, 0.05) is 24.6 Å². The van der Waals surface area contributed by atoms with E-state index < -0.39 is 0 Å². The third-order valence-corrected chi connectivity index (χ3v) is 4.25. The molecule has 0 saturated carbocycles. The molecule has 0 aliphatic heterocycles. The molecule has 3 rings (SSSR count). The minimum absolute atomic E-state index is 0.0943. The molecule has 6 heteroatoms. The first-order valence-corrected chi connectivity index (χ1v) is 9.33. The van der Waals surface area contributed by atoms with Crippen molar-refractivity contribution < 1.29 is 9.59 Å². The van der Waals surface area contributed by atoms with Crippen LogP contribution in [0.5, 0.6) is 0 Å². The van der Waals surface area contributed by atoms with Gasteiger partial charge in [-0.1, -0.05) is 48.5 Å². The van der Waals surface area contributed by atoms with Gasteiger partial charge in [-0.15, -0.1) is 0 Å². The smallest absolute Gasteiger partial charge is 0.251 e. The van der Waals surface area contributed by atoms with Gasteiger partial charge in [0.1, 0.15) is 5.82 Å². The number of aromatic nitrogens is 2. The highest BCUT2D eigenvalue weighted by Crippen LogP contribution is 2.13. The molecule has 144 valence electrons. The zero-order valence-corrected chi connectivity index (χ0v) is 15.9. The summed E-state index contributed by atoms with van der Waals surface area (Å²) in [5, 5.41) is 10.2. The maximum atomic E-state index is 12.3. The van der Waals surface area contributed by atoms with Crippen molar-refractivity contribution in [1.82, 2.24) is 15.1 Å². The van der Waals surface area contributed by atoms with Gasteiger partial charge in [0.2, 0.25) is 5.91 Å². The lowest BCUT2D eigenvalue weighted by atomic mass is 10.2. The van der Waals surface area contributed by atoms with E-state index in [1.165, 1.54) is 0 Å². The minimum atomic E-state index is -0.127. The summed E-state index contributed by atoms with van der Waals surface area (Å²) in [6.07, 6.45) is 0.890. The number of aryl methyl sites for hydroxylation is 1. The second kappa shape index (κ2) is 9.50. The van der Waals surface area contributed by atoms with Gasteiger partial charge in [0.05, 0.1) is 12.2 Å². The Bertz CT molecular complexity index is 920. The molecule has 0 bridgehead atoms. The molecule has 1 heterocycles. The SMILES string of the molecule is Cc1cc(NC(=O)CCCNC(=O)c2ccccc2)n(Cc2ccccc2)n1. The average molecular weight is 376 g/mol. The highest BCUT2D eigenvalue weighted by Gasteiger charge is 2.10. The molecule has 28 heavy (non-hydrogen) atoms. The van der Waals surface area contributed by atoms with Gasteiger partial charge < -0.3 is 10.6 Å². The van der Waals surface area contributed by atoms with E-state index in [0.717, 1.165) is 11.3 Å². The van der Waals surface area contributed by atoms with Crippen molar-refractivity contribution in [3.05, 3.63) is 83.6 Å². The van der Waals surface area contributed by atoms with Crippen molar-refractivity contribution in [3.63, 3.8) is 0 Å². The summed E-state index contributed by atoms with van der Waals surface area (Å²) < 4.78 is 1.79. The van der Waals surface area contributed by atoms with Gasteiger partial charge in [-0.2, -0.15) is 5.10 Å². The van der Waals surface area contributed by atoms with Crippen LogP contribution in [0.15, 0.2) is 66.7 Å². The largest absolute Gasteiger partial charge is 0.352 e. The Kier molecular flexibility index (Phi) is 6.57. The monoisotopic (exact) mass is 376 g/mol. The van der Waals surface area contributed by atoms with Gasteiger partial charge in [0.15, 0.2) is 0 Å². The highest BCUT2D eigenvalue weighted by atomic mass is 16.2. The van der Waals surface area contributed by atoms with Crippen LogP contribution in [0.25, 0.3) is 0 Å². The maximum Gasteiger partial charge on any atom is 0.251 e. The van der Waals surface area contributed by atoms with E-state index in [0.29, 0.717) is 37.3 Å². The van der Waals surface area contributed by atoms with Crippen molar-refractivity contribution in [1.29, 1.82) is 0 Å². The van der Waals surface area contributed by atoms with E-state index in [1.807, 2.05) is 61.5 Å². The van der Waals surface area contributed by atoms with Crippen LogP contribution in [0, 0.1) is 6.92 Å². The van der Waals surface area contributed by atoms with Crippen LogP contribution in [0.3, 0.4) is 0 Å². The lowest BCUT2D eigenvalue weighted by Gasteiger charge is -2.09. The molecular formula is C22H24N4O2. The second-order valence-electron chi connectivity index (χ2n) is 6.59. The van der Waals surface area contributed by atoms with E-state index in [2.05, 4.69) is 15.7 Å². The summed E-state index contributed by atoms with van der Waals surface area (Å²) in [5.41, 5.74) is 2.58. The Labute approximate surface area is 164 Å². The number of amides is 2. The number of rotatable bonds is 8. The predicted molar refractivity (Wildman–Crippen MR) is 109 cm³/mol. The lowest BCUT2D eigenvalue weighted by molar-refractivity contribution is -0.116. The summed E-state index contributed by atoms with van der Waals surface area (Å²) in [5.74, 6) is 0.459. The average Bonchev–Trinajstić information content (AvgIpc) is 3.05. The number of nitrogens with one attached hydrogen (secondary N) is 2. The predicted octanol–water partition coefficient (Wildman–Crippen LogP) is 3.39. The number of hydrogen-bond donors (Lipinski definition) is 2. The molecule has 0 radical (unpaired) electrons. The van der Waals surface area contributed by atoms with Gasteiger partial charge in [-0.3, -0.25) is 9.59 Å². The Balaban J connectivity index is 1.47. The molecule has 0 saturated heterocycles. The molecule has 1 aromatic heterocycles. The van der Waals surface area contributed by atoms with Crippen LogP contribution in [0.2, 0.25) is 0 Å². The van der Waals surface area contributed by atoms with Crippen LogP contribution in [0.4, 0.5) is 5.82 Å². The summed E-state index contributed by atoms with van der Waals surface area (Å²) >= 11 is 0.